The standard InChI is InChI=1S/C8H11NO2/c1-4-8(3,6-9)7(10)11-5-2/h4H,1,5H2,2-3H3. The smallest absolute Gasteiger partial charge is 0.330 e. The first-order valence-electron chi connectivity index (χ1n) is 3.32. The Kier molecular flexibility index (Phi) is 3.32. The number of carbonyl (C=O) groups is 1. The second kappa shape index (κ2) is 3.77. The maximum absolute atomic E-state index is 11.0. The van der Waals surface area contributed by atoms with Crippen LogP contribution in [0.2, 0.25) is 0 Å². The van der Waals surface area contributed by atoms with Gasteiger partial charge in [0.2, 0.25) is 0 Å². The molecule has 0 aromatic rings. The summed E-state index contributed by atoms with van der Waals surface area (Å²) in [6, 6.07) is 1.82. The van der Waals surface area contributed by atoms with E-state index in [2.05, 4.69) is 11.3 Å². The van der Waals surface area contributed by atoms with Crippen LogP contribution < -0.4 is 0 Å². The first kappa shape index (κ1) is 9.70. The molecule has 0 saturated heterocycles. The van der Waals surface area contributed by atoms with Crippen LogP contribution in [-0.4, -0.2) is 12.6 Å². The third-order valence-corrected chi connectivity index (χ3v) is 1.34. The summed E-state index contributed by atoms with van der Waals surface area (Å²) in [5, 5.41) is 8.56. The van der Waals surface area contributed by atoms with Gasteiger partial charge in [-0.05, 0) is 13.8 Å². The molecule has 0 saturated carbocycles. The van der Waals surface area contributed by atoms with Gasteiger partial charge < -0.3 is 4.74 Å². The zero-order chi connectivity index (χ0) is 8.91. The molecular weight excluding hydrogens is 142 g/mol. The highest BCUT2D eigenvalue weighted by atomic mass is 16.5. The van der Waals surface area contributed by atoms with Gasteiger partial charge in [0.1, 0.15) is 0 Å². The molecule has 0 rings (SSSR count). The summed E-state index contributed by atoms with van der Waals surface area (Å²) in [7, 11) is 0. The van der Waals surface area contributed by atoms with Crippen LogP contribution in [-0.2, 0) is 9.53 Å². The molecule has 1 atom stereocenters. The second-order valence-electron chi connectivity index (χ2n) is 2.24. The molecule has 0 fully saturated rings. The van der Waals surface area contributed by atoms with Crippen molar-refractivity contribution in [3.63, 3.8) is 0 Å². The van der Waals surface area contributed by atoms with Gasteiger partial charge in [0.15, 0.2) is 5.41 Å². The number of ether oxygens (including phenoxy) is 1. The Balaban J connectivity index is 4.41. The van der Waals surface area contributed by atoms with E-state index in [4.69, 9.17) is 5.26 Å². The molecule has 0 aliphatic carbocycles. The molecule has 0 bridgehead atoms. The summed E-state index contributed by atoms with van der Waals surface area (Å²) in [5.74, 6) is -0.544. The average molecular weight is 153 g/mol. The third kappa shape index (κ3) is 2.08. The maximum Gasteiger partial charge on any atom is 0.330 e. The quantitative estimate of drug-likeness (QED) is 0.453. The summed E-state index contributed by atoms with van der Waals surface area (Å²) in [5.41, 5.74) is -1.20. The molecule has 0 aromatic heterocycles. The van der Waals surface area contributed by atoms with Gasteiger partial charge in [-0.3, -0.25) is 0 Å². The minimum absolute atomic E-state index is 0.282. The van der Waals surface area contributed by atoms with Gasteiger partial charge in [0.05, 0.1) is 12.7 Å². The van der Waals surface area contributed by atoms with Crippen LogP contribution in [0.3, 0.4) is 0 Å². The summed E-state index contributed by atoms with van der Waals surface area (Å²) >= 11 is 0. The largest absolute Gasteiger partial charge is 0.465 e. The normalized spacial score (nSPS) is 14.3. The molecule has 60 valence electrons. The monoisotopic (exact) mass is 153 g/mol. The lowest BCUT2D eigenvalue weighted by molar-refractivity contribution is -0.148. The molecule has 0 heterocycles. The fourth-order valence-corrected chi connectivity index (χ4v) is 0.456. The predicted molar refractivity (Wildman–Crippen MR) is 40.6 cm³/mol. The molecule has 0 radical (unpaired) electrons. The summed E-state index contributed by atoms with van der Waals surface area (Å²) in [6.45, 7) is 6.83. The Bertz CT molecular complexity index is 205. The third-order valence-electron chi connectivity index (χ3n) is 1.34. The van der Waals surface area contributed by atoms with E-state index in [-0.39, 0.29) is 6.61 Å². The van der Waals surface area contributed by atoms with Gasteiger partial charge >= 0.3 is 5.97 Å². The van der Waals surface area contributed by atoms with Crippen LogP contribution in [0.1, 0.15) is 13.8 Å². The number of hydrogen-bond acceptors (Lipinski definition) is 3. The SMILES string of the molecule is C=CC(C)(C#N)C(=O)OCC. The van der Waals surface area contributed by atoms with Gasteiger partial charge in [-0.2, -0.15) is 5.26 Å². The van der Waals surface area contributed by atoms with E-state index in [1.54, 1.807) is 6.92 Å². The van der Waals surface area contributed by atoms with Crippen LogP contribution in [0.4, 0.5) is 0 Å². The highest BCUT2D eigenvalue weighted by molar-refractivity contribution is 5.81. The number of nitrogens with zero attached hydrogens (tertiary/aromatic N) is 1. The van der Waals surface area contributed by atoms with E-state index < -0.39 is 11.4 Å². The Morgan fingerprint density at radius 3 is 2.73 bits per heavy atom. The van der Waals surface area contributed by atoms with Gasteiger partial charge in [0.25, 0.3) is 0 Å². The lowest BCUT2D eigenvalue weighted by Gasteiger charge is -2.13. The van der Waals surface area contributed by atoms with Crippen molar-refractivity contribution >= 4 is 5.97 Å². The predicted octanol–water partition coefficient (Wildman–Crippen LogP) is 1.27. The van der Waals surface area contributed by atoms with E-state index in [9.17, 15) is 4.79 Å². The van der Waals surface area contributed by atoms with Crippen molar-refractivity contribution < 1.29 is 9.53 Å². The molecule has 1 unspecified atom stereocenters. The number of esters is 1. The van der Waals surface area contributed by atoms with Crippen molar-refractivity contribution in [2.75, 3.05) is 6.61 Å². The molecule has 11 heavy (non-hydrogen) atoms. The van der Waals surface area contributed by atoms with E-state index >= 15 is 0 Å². The zero-order valence-corrected chi connectivity index (χ0v) is 6.76. The topological polar surface area (TPSA) is 50.1 Å². The van der Waals surface area contributed by atoms with Crippen molar-refractivity contribution in [1.82, 2.24) is 0 Å². The molecule has 0 N–H and O–H groups in total. The number of hydrogen-bond donors (Lipinski definition) is 0. The first-order chi connectivity index (χ1) is 5.10. The van der Waals surface area contributed by atoms with E-state index in [0.29, 0.717) is 0 Å². The molecule has 0 aromatic carbocycles. The fraction of sp³-hybridized carbons (Fsp3) is 0.500. The zero-order valence-electron chi connectivity index (χ0n) is 6.76. The molecule has 0 spiro atoms. The molecule has 0 amide bonds. The molecular formula is C8H11NO2. The molecule has 0 aliphatic rings. The summed E-state index contributed by atoms with van der Waals surface area (Å²) in [6.07, 6.45) is 1.28. The Labute approximate surface area is 66.3 Å². The van der Waals surface area contributed by atoms with Crippen LogP contribution in [0.25, 0.3) is 0 Å². The van der Waals surface area contributed by atoms with Crippen molar-refractivity contribution in [2.45, 2.75) is 13.8 Å². The van der Waals surface area contributed by atoms with Crippen molar-refractivity contribution in [2.24, 2.45) is 5.41 Å². The minimum atomic E-state index is -1.20. The number of nitriles is 1. The summed E-state index contributed by atoms with van der Waals surface area (Å²) in [4.78, 5) is 11.0. The molecule has 3 heteroatoms. The number of carbonyl (C=O) groups excluding carboxylic acids is 1. The molecule has 3 nitrogen and oxygen atoms in total. The van der Waals surface area contributed by atoms with Gasteiger partial charge in [-0.1, -0.05) is 6.08 Å². The van der Waals surface area contributed by atoms with Gasteiger partial charge in [0, 0.05) is 0 Å². The van der Waals surface area contributed by atoms with Crippen molar-refractivity contribution in [3.8, 4) is 6.07 Å². The van der Waals surface area contributed by atoms with Crippen LogP contribution >= 0.6 is 0 Å². The Morgan fingerprint density at radius 2 is 2.45 bits per heavy atom. The number of rotatable bonds is 3. The Morgan fingerprint density at radius 1 is 1.91 bits per heavy atom. The lowest BCUT2D eigenvalue weighted by atomic mass is 9.93. The van der Waals surface area contributed by atoms with Gasteiger partial charge in [-0.25, -0.2) is 4.79 Å². The van der Waals surface area contributed by atoms with Gasteiger partial charge in [-0.15, -0.1) is 6.58 Å². The van der Waals surface area contributed by atoms with Crippen LogP contribution in [0.15, 0.2) is 12.7 Å². The maximum atomic E-state index is 11.0. The van der Waals surface area contributed by atoms with E-state index in [1.807, 2.05) is 6.07 Å². The fourth-order valence-electron chi connectivity index (χ4n) is 0.456. The first-order valence-corrected chi connectivity index (χ1v) is 3.32. The lowest BCUT2D eigenvalue weighted by Crippen LogP contribution is -2.25. The second-order valence-corrected chi connectivity index (χ2v) is 2.24. The average Bonchev–Trinajstić information content (AvgIpc) is 2.03. The minimum Gasteiger partial charge on any atom is -0.465 e. The molecule has 0 aliphatic heterocycles. The van der Waals surface area contributed by atoms with Crippen molar-refractivity contribution in [1.29, 1.82) is 5.26 Å². The van der Waals surface area contributed by atoms with Crippen LogP contribution in [0, 0.1) is 16.7 Å². The Hall–Kier alpha value is -1.30. The highest BCUT2D eigenvalue weighted by Crippen LogP contribution is 2.17. The van der Waals surface area contributed by atoms with Crippen LogP contribution in [0.5, 0.6) is 0 Å². The highest BCUT2D eigenvalue weighted by Gasteiger charge is 2.30. The van der Waals surface area contributed by atoms with Crippen molar-refractivity contribution in [3.05, 3.63) is 12.7 Å². The van der Waals surface area contributed by atoms with E-state index in [0.717, 1.165) is 0 Å². The summed E-state index contributed by atoms with van der Waals surface area (Å²) < 4.78 is 4.66. The van der Waals surface area contributed by atoms with E-state index in [1.165, 1.54) is 13.0 Å².